The van der Waals surface area contributed by atoms with Gasteiger partial charge in [0.2, 0.25) is 11.8 Å². The second-order valence-electron chi connectivity index (χ2n) is 6.97. The van der Waals surface area contributed by atoms with Crippen LogP contribution in [0.5, 0.6) is 5.88 Å². The number of hydrogen-bond acceptors (Lipinski definition) is 8. The molecule has 26 heavy (non-hydrogen) atoms. The van der Waals surface area contributed by atoms with Gasteiger partial charge in [-0.15, -0.1) is 0 Å². The summed E-state index contributed by atoms with van der Waals surface area (Å²) < 4.78 is 11.2. The minimum absolute atomic E-state index is 0.0339. The third kappa shape index (κ3) is 3.55. The maximum atomic E-state index is 5.99. The number of methoxy groups -OCH3 is 1. The third-order valence-corrected chi connectivity index (χ3v) is 5.10. The van der Waals surface area contributed by atoms with Gasteiger partial charge in [0.1, 0.15) is 12.1 Å². The van der Waals surface area contributed by atoms with Crippen molar-refractivity contribution in [2.45, 2.75) is 12.8 Å². The van der Waals surface area contributed by atoms with Gasteiger partial charge in [-0.2, -0.15) is 0 Å². The van der Waals surface area contributed by atoms with Crippen LogP contribution in [0.25, 0.3) is 0 Å². The molecule has 1 unspecified atom stereocenters. The summed E-state index contributed by atoms with van der Waals surface area (Å²) in [4.78, 5) is 22.0. The van der Waals surface area contributed by atoms with E-state index in [1.165, 1.54) is 0 Å². The SMILES string of the molecule is COc1cc(N2CCCC3(COCCN(c4ncccn4)C3)C2)ncn1. The van der Waals surface area contributed by atoms with Gasteiger partial charge in [0.15, 0.2) is 0 Å². The number of piperidine rings is 1. The first-order valence-electron chi connectivity index (χ1n) is 8.99. The van der Waals surface area contributed by atoms with Gasteiger partial charge < -0.3 is 19.3 Å². The molecule has 2 saturated heterocycles. The number of anilines is 2. The van der Waals surface area contributed by atoms with E-state index >= 15 is 0 Å². The molecule has 4 heterocycles. The predicted molar refractivity (Wildman–Crippen MR) is 97.5 cm³/mol. The van der Waals surface area contributed by atoms with Crippen LogP contribution in [-0.4, -0.2) is 66.4 Å². The van der Waals surface area contributed by atoms with Crippen molar-refractivity contribution in [1.82, 2.24) is 19.9 Å². The zero-order chi connectivity index (χ0) is 17.8. The van der Waals surface area contributed by atoms with E-state index in [1.54, 1.807) is 25.8 Å². The summed E-state index contributed by atoms with van der Waals surface area (Å²) in [5.41, 5.74) is 0.0339. The van der Waals surface area contributed by atoms with E-state index < -0.39 is 0 Å². The number of nitrogens with zero attached hydrogens (tertiary/aromatic N) is 6. The smallest absolute Gasteiger partial charge is 0.225 e. The molecule has 0 aromatic carbocycles. The van der Waals surface area contributed by atoms with Crippen LogP contribution in [0.15, 0.2) is 30.9 Å². The van der Waals surface area contributed by atoms with Crippen molar-refractivity contribution < 1.29 is 9.47 Å². The highest BCUT2D eigenvalue weighted by molar-refractivity contribution is 5.42. The average Bonchev–Trinajstić information content (AvgIpc) is 2.91. The second-order valence-corrected chi connectivity index (χ2v) is 6.97. The Kier molecular flexibility index (Phi) is 4.83. The van der Waals surface area contributed by atoms with E-state index in [-0.39, 0.29) is 5.41 Å². The molecule has 0 N–H and O–H groups in total. The van der Waals surface area contributed by atoms with Gasteiger partial charge in [0.25, 0.3) is 0 Å². The Morgan fingerprint density at radius 3 is 2.77 bits per heavy atom. The van der Waals surface area contributed by atoms with Gasteiger partial charge in [0.05, 0.1) is 20.3 Å². The normalized spacial score (nSPS) is 23.7. The van der Waals surface area contributed by atoms with Gasteiger partial charge in [-0.3, -0.25) is 0 Å². The van der Waals surface area contributed by atoms with Crippen molar-refractivity contribution in [1.29, 1.82) is 0 Å². The first-order chi connectivity index (χ1) is 12.8. The molecule has 8 heteroatoms. The molecule has 8 nitrogen and oxygen atoms in total. The van der Waals surface area contributed by atoms with Crippen molar-refractivity contribution in [3.63, 3.8) is 0 Å². The molecule has 0 bridgehead atoms. The number of ether oxygens (including phenoxy) is 2. The van der Waals surface area contributed by atoms with Gasteiger partial charge in [-0.25, -0.2) is 19.9 Å². The summed E-state index contributed by atoms with van der Waals surface area (Å²) in [6.07, 6.45) is 7.36. The fraction of sp³-hybridized carbons (Fsp3) is 0.556. The minimum atomic E-state index is 0.0339. The molecule has 4 rings (SSSR count). The first kappa shape index (κ1) is 17.0. The van der Waals surface area contributed by atoms with Crippen molar-refractivity contribution in [2.24, 2.45) is 5.41 Å². The van der Waals surface area contributed by atoms with Crippen molar-refractivity contribution in [3.05, 3.63) is 30.9 Å². The quantitative estimate of drug-likeness (QED) is 0.817. The molecule has 2 aromatic heterocycles. The van der Waals surface area contributed by atoms with Crippen molar-refractivity contribution in [2.75, 3.05) is 56.3 Å². The Hall–Kier alpha value is -2.48. The lowest BCUT2D eigenvalue weighted by atomic mass is 9.80. The lowest BCUT2D eigenvalue weighted by Crippen LogP contribution is -2.51. The summed E-state index contributed by atoms with van der Waals surface area (Å²) in [6, 6.07) is 3.74. The molecule has 2 aliphatic rings. The molecule has 1 spiro atoms. The predicted octanol–water partition coefficient (Wildman–Crippen LogP) is 1.40. The largest absolute Gasteiger partial charge is 0.481 e. The minimum Gasteiger partial charge on any atom is -0.481 e. The highest BCUT2D eigenvalue weighted by Crippen LogP contribution is 2.35. The fourth-order valence-corrected chi connectivity index (χ4v) is 3.88. The van der Waals surface area contributed by atoms with E-state index in [0.717, 1.165) is 57.4 Å². The summed E-state index contributed by atoms with van der Waals surface area (Å²) in [5, 5.41) is 0. The summed E-state index contributed by atoms with van der Waals surface area (Å²) >= 11 is 0. The number of rotatable bonds is 3. The average molecular weight is 356 g/mol. The zero-order valence-corrected chi connectivity index (χ0v) is 15.0. The highest BCUT2D eigenvalue weighted by atomic mass is 16.5. The maximum absolute atomic E-state index is 5.99. The van der Waals surface area contributed by atoms with Crippen LogP contribution < -0.4 is 14.5 Å². The summed E-state index contributed by atoms with van der Waals surface area (Å²) in [7, 11) is 1.63. The van der Waals surface area contributed by atoms with Crippen LogP contribution in [0.1, 0.15) is 12.8 Å². The third-order valence-electron chi connectivity index (χ3n) is 5.10. The van der Waals surface area contributed by atoms with E-state index in [4.69, 9.17) is 9.47 Å². The Balaban J connectivity index is 1.56. The number of aromatic nitrogens is 4. The van der Waals surface area contributed by atoms with E-state index in [1.807, 2.05) is 12.1 Å². The molecule has 2 aromatic rings. The fourth-order valence-electron chi connectivity index (χ4n) is 3.88. The number of hydrogen-bond donors (Lipinski definition) is 0. The first-order valence-corrected chi connectivity index (χ1v) is 8.99. The van der Waals surface area contributed by atoms with Crippen LogP contribution in [0.2, 0.25) is 0 Å². The Labute approximate surface area is 153 Å². The topological polar surface area (TPSA) is 76.5 Å². The van der Waals surface area contributed by atoms with Crippen LogP contribution in [-0.2, 0) is 4.74 Å². The molecule has 138 valence electrons. The van der Waals surface area contributed by atoms with Crippen LogP contribution in [0.3, 0.4) is 0 Å². The zero-order valence-electron chi connectivity index (χ0n) is 15.0. The van der Waals surface area contributed by atoms with Gasteiger partial charge in [-0.05, 0) is 18.9 Å². The monoisotopic (exact) mass is 356 g/mol. The van der Waals surface area contributed by atoms with Crippen LogP contribution in [0, 0.1) is 5.41 Å². The van der Waals surface area contributed by atoms with E-state index in [9.17, 15) is 0 Å². The Morgan fingerprint density at radius 2 is 1.92 bits per heavy atom. The van der Waals surface area contributed by atoms with Gasteiger partial charge in [0, 0.05) is 50.1 Å². The molecule has 0 amide bonds. The molecule has 2 fully saturated rings. The summed E-state index contributed by atoms with van der Waals surface area (Å²) in [5.74, 6) is 2.27. The lowest BCUT2D eigenvalue weighted by Gasteiger charge is -2.44. The molecule has 0 saturated carbocycles. The molecule has 0 radical (unpaired) electrons. The highest BCUT2D eigenvalue weighted by Gasteiger charge is 2.40. The second kappa shape index (κ2) is 7.41. The molecule has 0 aliphatic carbocycles. The van der Waals surface area contributed by atoms with E-state index in [2.05, 4.69) is 29.7 Å². The molecule has 2 aliphatic heterocycles. The van der Waals surface area contributed by atoms with Crippen molar-refractivity contribution >= 4 is 11.8 Å². The standard InChI is InChI=1S/C18H24N6O2/c1-25-16-10-15(21-14-22-16)23-7-2-4-18(11-23)12-24(8-9-26-13-18)17-19-5-3-6-20-17/h3,5-6,10,14H,2,4,7-9,11-13H2,1H3. The molecular formula is C18H24N6O2. The van der Waals surface area contributed by atoms with Crippen molar-refractivity contribution in [3.8, 4) is 5.88 Å². The Bertz CT molecular complexity index is 731. The van der Waals surface area contributed by atoms with Crippen LogP contribution >= 0.6 is 0 Å². The summed E-state index contributed by atoms with van der Waals surface area (Å²) in [6.45, 7) is 5.00. The maximum Gasteiger partial charge on any atom is 0.225 e. The Morgan fingerprint density at radius 1 is 1.08 bits per heavy atom. The van der Waals surface area contributed by atoms with E-state index in [0.29, 0.717) is 12.5 Å². The van der Waals surface area contributed by atoms with Gasteiger partial charge in [-0.1, -0.05) is 0 Å². The molecular weight excluding hydrogens is 332 g/mol. The van der Waals surface area contributed by atoms with Crippen LogP contribution in [0.4, 0.5) is 11.8 Å². The molecule has 1 atom stereocenters. The lowest BCUT2D eigenvalue weighted by molar-refractivity contribution is 0.0597. The van der Waals surface area contributed by atoms with Gasteiger partial charge >= 0.3 is 0 Å².